The Labute approximate surface area is 116 Å². The molecule has 18 heavy (non-hydrogen) atoms. The van der Waals surface area contributed by atoms with Crippen LogP contribution in [0.25, 0.3) is 0 Å². The Morgan fingerprint density at radius 1 is 0.889 bits per heavy atom. The largest absolute Gasteiger partial charge is 0.535 e. The molecule has 0 atom stereocenters. The Morgan fingerprint density at radius 2 is 1.28 bits per heavy atom. The van der Waals surface area contributed by atoms with E-state index in [0.717, 1.165) is 5.90 Å². The first kappa shape index (κ1) is 17.9. The number of hydrogen-bond donors (Lipinski definition) is 0. The van der Waals surface area contributed by atoms with Gasteiger partial charge in [-0.3, -0.25) is 4.66 Å². The van der Waals surface area contributed by atoms with Crippen molar-refractivity contribution >= 4 is 22.5 Å². The third-order valence-corrected chi connectivity index (χ3v) is 8.92. The maximum Gasteiger partial charge on any atom is 0.252 e. The van der Waals surface area contributed by atoms with Crippen LogP contribution >= 0.6 is 0 Å². The molecule has 0 saturated carbocycles. The van der Waals surface area contributed by atoms with Crippen molar-refractivity contribution in [1.29, 1.82) is 0 Å². The Kier molecular flexibility index (Phi) is 8.11. The Bertz CT molecular complexity index is 242. The van der Waals surface area contributed by atoms with E-state index in [4.69, 9.17) is 9.08 Å². The highest BCUT2D eigenvalue weighted by molar-refractivity contribution is 6.77. The fourth-order valence-corrected chi connectivity index (χ4v) is 8.25. The molecule has 0 saturated heterocycles. The molecule has 0 fully saturated rings. The van der Waals surface area contributed by atoms with Crippen LogP contribution in [0.2, 0.25) is 37.8 Å². The van der Waals surface area contributed by atoms with Gasteiger partial charge in [-0.05, 0) is 37.8 Å². The van der Waals surface area contributed by atoms with Gasteiger partial charge in [0, 0.05) is 6.92 Å². The zero-order valence-electron chi connectivity index (χ0n) is 13.6. The normalized spacial score (nSPS) is 13.8. The van der Waals surface area contributed by atoms with Gasteiger partial charge in [0.15, 0.2) is 14.1 Å². The molecular formula is C14H33NOSi2. The molecule has 0 amide bonds. The summed E-state index contributed by atoms with van der Waals surface area (Å²) in [5.74, 6) is 0.969. The molecule has 0 N–H and O–H groups in total. The molecule has 0 aromatic heterocycles. The van der Waals surface area contributed by atoms with Gasteiger partial charge in [0.1, 0.15) is 0 Å². The fourth-order valence-electron chi connectivity index (χ4n) is 2.70. The fraction of sp³-hybridized carbons (Fsp3) is 0.929. The summed E-state index contributed by atoms with van der Waals surface area (Å²) in [5, 5.41) is 0. The smallest absolute Gasteiger partial charge is 0.252 e. The van der Waals surface area contributed by atoms with E-state index in [-0.39, 0.29) is 0 Å². The summed E-state index contributed by atoms with van der Waals surface area (Å²) in [5.41, 5.74) is 0. The molecule has 0 heterocycles. The van der Waals surface area contributed by atoms with Gasteiger partial charge in [0.05, 0.1) is 0 Å². The van der Waals surface area contributed by atoms with Gasteiger partial charge in [-0.1, -0.05) is 40.0 Å². The van der Waals surface area contributed by atoms with Gasteiger partial charge in [0.2, 0.25) is 0 Å². The summed E-state index contributed by atoms with van der Waals surface area (Å²) in [6, 6.07) is 3.85. The molecule has 0 aliphatic carbocycles. The van der Waals surface area contributed by atoms with Gasteiger partial charge in [0.25, 0.3) is 8.32 Å². The van der Waals surface area contributed by atoms with Crippen LogP contribution in [0, 0.1) is 0 Å². The van der Waals surface area contributed by atoms with Crippen LogP contribution in [0.4, 0.5) is 0 Å². The van der Waals surface area contributed by atoms with E-state index in [1.807, 2.05) is 0 Å². The van der Waals surface area contributed by atoms with Crippen LogP contribution in [0.15, 0.2) is 4.66 Å². The lowest BCUT2D eigenvalue weighted by Crippen LogP contribution is -2.40. The molecule has 0 aromatic carbocycles. The van der Waals surface area contributed by atoms with Crippen LogP contribution < -0.4 is 0 Å². The SMILES string of the molecule is CCC[Si](CCC)(CCC)OC(C)=N[Si](C)(C)C. The van der Waals surface area contributed by atoms with Crippen LogP contribution in [-0.4, -0.2) is 22.5 Å². The molecule has 108 valence electrons. The molecule has 4 heteroatoms. The van der Waals surface area contributed by atoms with E-state index in [1.165, 1.54) is 37.4 Å². The van der Waals surface area contributed by atoms with E-state index in [1.54, 1.807) is 0 Å². The van der Waals surface area contributed by atoms with Crippen molar-refractivity contribution in [2.75, 3.05) is 0 Å². The molecule has 0 unspecified atom stereocenters. The standard InChI is InChI=1S/C14H33NOSi2/c1-8-11-18(12-9-2,13-10-3)16-14(4)15-17(5,6)7/h8-13H2,1-7H3. The average molecular weight is 288 g/mol. The highest BCUT2D eigenvalue weighted by Gasteiger charge is 2.34. The van der Waals surface area contributed by atoms with Crippen molar-refractivity contribution in [2.45, 2.75) is 84.7 Å². The third kappa shape index (κ3) is 7.36. The van der Waals surface area contributed by atoms with E-state index in [9.17, 15) is 0 Å². The highest BCUT2D eigenvalue weighted by Crippen LogP contribution is 2.28. The lowest BCUT2D eigenvalue weighted by Gasteiger charge is -2.32. The third-order valence-electron chi connectivity index (χ3n) is 2.97. The Morgan fingerprint density at radius 3 is 1.56 bits per heavy atom. The maximum atomic E-state index is 6.46. The topological polar surface area (TPSA) is 21.6 Å². The van der Waals surface area contributed by atoms with Crippen molar-refractivity contribution in [2.24, 2.45) is 4.66 Å². The second kappa shape index (κ2) is 8.15. The molecule has 2 nitrogen and oxygen atoms in total. The monoisotopic (exact) mass is 287 g/mol. The van der Waals surface area contributed by atoms with Crippen molar-refractivity contribution < 1.29 is 4.43 Å². The van der Waals surface area contributed by atoms with Gasteiger partial charge >= 0.3 is 0 Å². The van der Waals surface area contributed by atoms with E-state index in [0.29, 0.717) is 0 Å². The lowest BCUT2D eigenvalue weighted by molar-refractivity contribution is 0.509. The minimum Gasteiger partial charge on any atom is -0.535 e. The first-order valence-corrected chi connectivity index (χ1v) is 13.5. The summed E-state index contributed by atoms with van der Waals surface area (Å²) >= 11 is 0. The first-order valence-electron chi connectivity index (χ1n) is 7.54. The highest BCUT2D eigenvalue weighted by atomic mass is 28.4. The second-order valence-electron chi connectivity index (χ2n) is 6.34. The van der Waals surface area contributed by atoms with Gasteiger partial charge in [-0.2, -0.15) is 0 Å². The minimum absolute atomic E-state index is 0.969. The van der Waals surface area contributed by atoms with Crippen molar-refractivity contribution in [3.8, 4) is 0 Å². The molecule has 0 rings (SSSR count). The maximum absolute atomic E-state index is 6.46. The number of hydrogen-bond acceptors (Lipinski definition) is 2. The first-order chi connectivity index (χ1) is 8.28. The summed E-state index contributed by atoms with van der Waals surface area (Å²) in [7, 11) is -2.97. The van der Waals surface area contributed by atoms with E-state index >= 15 is 0 Å². The zero-order valence-corrected chi connectivity index (χ0v) is 15.6. The van der Waals surface area contributed by atoms with Gasteiger partial charge in [-0.15, -0.1) is 0 Å². The number of nitrogens with zero attached hydrogens (tertiary/aromatic N) is 1. The molecular weight excluding hydrogens is 254 g/mol. The van der Waals surface area contributed by atoms with Crippen molar-refractivity contribution in [3.05, 3.63) is 0 Å². The van der Waals surface area contributed by atoms with Gasteiger partial charge in [-0.25, -0.2) is 0 Å². The molecule has 0 spiro atoms. The molecule has 0 bridgehead atoms. The van der Waals surface area contributed by atoms with Crippen molar-refractivity contribution in [1.82, 2.24) is 0 Å². The van der Waals surface area contributed by atoms with Crippen LogP contribution in [0.5, 0.6) is 0 Å². The summed E-state index contributed by atoms with van der Waals surface area (Å²) in [6.45, 7) is 15.7. The van der Waals surface area contributed by atoms with Crippen molar-refractivity contribution in [3.63, 3.8) is 0 Å². The number of rotatable bonds is 8. The molecule has 0 aromatic rings. The zero-order chi connectivity index (χ0) is 14.2. The van der Waals surface area contributed by atoms with Crippen LogP contribution in [0.3, 0.4) is 0 Å². The predicted molar refractivity (Wildman–Crippen MR) is 88.6 cm³/mol. The van der Waals surface area contributed by atoms with Crippen LogP contribution in [-0.2, 0) is 4.43 Å². The van der Waals surface area contributed by atoms with E-state index in [2.05, 4.69) is 47.3 Å². The minimum atomic E-state index is -1.57. The molecule has 0 aliphatic rings. The van der Waals surface area contributed by atoms with Gasteiger partial charge < -0.3 is 4.43 Å². The Hall–Kier alpha value is -0.0962. The molecule has 0 radical (unpaired) electrons. The summed E-state index contributed by atoms with van der Waals surface area (Å²) in [6.07, 6.45) is 3.73. The molecule has 0 aliphatic heterocycles. The summed E-state index contributed by atoms with van der Waals surface area (Å²) < 4.78 is 11.3. The average Bonchev–Trinajstić information content (AvgIpc) is 2.15. The summed E-state index contributed by atoms with van der Waals surface area (Å²) in [4.78, 5) is 0. The van der Waals surface area contributed by atoms with E-state index < -0.39 is 16.6 Å². The lowest BCUT2D eigenvalue weighted by atomic mass is 10.6. The van der Waals surface area contributed by atoms with Crippen LogP contribution in [0.1, 0.15) is 47.0 Å². The predicted octanol–water partition coefficient (Wildman–Crippen LogP) is 5.43. The quantitative estimate of drug-likeness (QED) is 0.331. The second-order valence-corrected chi connectivity index (χ2v) is 15.0. The Balaban J connectivity index is 4.90.